The molecule has 0 N–H and O–H groups in total. The first-order valence-corrected chi connectivity index (χ1v) is 9.21. The average molecular weight is 344 g/mol. The van der Waals surface area contributed by atoms with Crippen LogP contribution in [0.5, 0.6) is 0 Å². The van der Waals surface area contributed by atoms with Crippen LogP contribution in [0.4, 0.5) is 0 Å². The highest BCUT2D eigenvalue weighted by molar-refractivity contribution is 7.71. The number of pyridine rings is 1. The van der Waals surface area contributed by atoms with Gasteiger partial charge in [0.1, 0.15) is 0 Å². The van der Waals surface area contributed by atoms with Crippen LogP contribution < -0.4 is 0 Å². The van der Waals surface area contributed by atoms with Crippen LogP contribution >= 0.6 is 12.2 Å². The Morgan fingerprint density at radius 2 is 1.75 bits per heavy atom. The molecule has 2 aromatic rings. The zero-order valence-electron chi connectivity index (χ0n) is 14.1. The monoisotopic (exact) mass is 344 g/mol. The molecular weight excluding hydrogens is 320 g/mol. The standard InChI is InChI=1S/C17H24N6S/c1-2-20-9-11-21(12-10-20)13-22-17(24)23(15-3-4-15)16(19-22)14-5-7-18-8-6-14/h5-8,15H,2-4,9-13H2,1H3. The van der Waals surface area contributed by atoms with E-state index in [1.54, 1.807) is 0 Å². The van der Waals surface area contributed by atoms with Crippen LogP contribution in [0, 0.1) is 4.77 Å². The topological polar surface area (TPSA) is 42.1 Å². The Bertz CT molecular complexity index is 740. The molecule has 3 heterocycles. The molecular formula is C17H24N6S. The summed E-state index contributed by atoms with van der Waals surface area (Å²) in [6.45, 7) is 8.57. The summed E-state index contributed by atoms with van der Waals surface area (Å²) in [6.07, 6.45) is 6.04. The Kier molecular flexibility index (Phi) is 4.47. The Morgan fingerprint density at radius 3 is 2.38 bits per heavy atom. The molecule has 1 aliphatic heterocycles. The number of piperazine rings is 1. The van der Waals surface area contributed by atoms with Crippen molar-refractivity contribution in [3.8, 4) is 11.4 Å². The van der Waals surface area contributed by atoms with Crippen molar-refractivity contribution < 1.29 is 0 Å². The van der Waals surface area contributed by atoms with Gasteiger partial charge < -0.3 is 4.90 Å². The molecule has 1 saturated heterocycles. The summed E-state index contributed by atoms with van der Waals surface area (Å²) >= 11 is 5.75. The lowest BCUT2D eigenvalue weighted by molar-refractivity contribution is 0.106. The molecule has 0 radical (unpaired) electrons. The summed E-state index contributed by atoms with van der Waals surface area (Å²) in [5, 5.41) is 4.87. The fourth-order valence-corrected chi connectivity index (χ4v) is 3.64. The first kappa shape index (κ1) is 15.9. The first-order chi connectivity index (χ1) is 11.8. The van der Waals surface area contributed by atoms with Crippen LogP contribution in [0.25, 0.3) is 11.4 Å². The van der Waals surface area contributed by atoms with Gasteiger partial charge in [0.25, 0.3) is 0 Å². The van der Waals surface area contributed by atoms with Crippen LogP contribution in [0.1, 0.15) is 25.8 Å². The summed E-state index contributed by atoms with van der Waals surface area (Å²) in [6, 6.07) is 4.55. The average Bonchev–Trinajstić information content (AvgIpc) is 3.41. The van der Waals surface area contributed by atoms with Crippen molar-refractivity contribution in [3.05, 3.63) is 29.3 Å². The number of nitrogens with zero attached hydrogens (tertiary/aromatic N) is 6. The Morgan fingerprint density at radius 1 is 1.08 bits per heavy atom. The van der Waals surface area contributed by atoms with Gasteiger partial charge in [0, 0.05) is 50.2 Å². The summed E-state index contributed by atoms with van der Waals surface area (Å²) in [7, 11) is 0. The van der Waals surface area contributed by atoms with Crippen LogP contribution in [-0.2, 0) is 6.67 Å². The van der Waals surface area contributed by atoms with Crippen LogP contribution in [0.15, 0.2) is 24.5 Å². The van der Waals surface area contributed by atoms with E-state index in [1.807, 2.05) is 29.2 Å². The van der Waals surface area contributed by atoms with E-state index < -0.39 is 0 Å². The molecule has 0 unspecified atom stereocenters. The number of aromatic nitrogens is 4. The van der Waals surface area contributed by atoms with E-state index in [1.165, 1.54) is 12.8 Å². The summed E-state index contributed by atoms with van der Waals surface area (Å²) in [4.78, 5) is 9.05. The van der Waals surface area contributed by atoms with E-state index in [4.69, 9.17) is 17.3 Å². The van der Waals surface area contributed by atoms with Crippen molar-refractivity contribution >= 4 is 12.2 Å². The molecule has 0 bridgehead atoms. The summed E-state index contributed by atoms with van der Waals surface area (Å²) in [5.74, 6) is 0.983. The van der Waals surface area contributed by atoms with Gasteiger partial charge in [0.15, 0.2) is 10.6 Å². The molecule has 1 saturated carbocycles. The van der Waals surface area contributed by atoms with Gasteiger partial charge in [-0.25, -0.2) is 4.68 Å². The fourth-order valence-electron chi connectivity index (χ4n) is 3.31. The second-order valence-electron chi connectivity index (χ2n) is 6.64. The lowest BCUT2D eigenvalue weighted by atomic mass is 10.2. The Hall–Kier alpha value is -1.57. The van der Waals surface area contributed by atoms with E-state index in [9.17, 15) is 0 Å². The summed E-state index contributed by atoms with van der Waals surface area (Å²) in [5.41, 5.74) is 1.09. The largest absolute Gasteiger partial charge is 0.301 e. The lowest BCUT2D eigenvalue weighted by Gasteiger charge is -2.33. The van der Waals surface area contributed by atoms with Crippen molar-refractivity contribution in [2.24, 2.45) is 0 Å². The van der Waals surface area contributed by atoms with Gasteiger partial charge in [0.05, 0.1) is 6.67 Å². The molecule has 128 valence electrons. The van der Waals surface area contributed by atoms with E-state index >= 15 is 0 Å². The van der Waals surface area contributed by atoms with Gasteiger partial charge in [-0.1, -0.05) is 6.92 Å². The van der Waals surface area contributed by atoms with Gasteiger partial charge in [0.2, 0.25) is 0 Å². The normalized spacial score (nSPS) is 19.7. The van der Waals surface area contributed by atoms with E-state index in [0.717, 1.165) is 55.6 Å². The van der Waals surface area contributed by atoms with Gasteiger partial charge in [-0.05, 0) is 43.7 Å². The van der Waals surface area contributed by atoms with Gasteiger partial charge in [-0.15, -0.1) is 0 Å². The molecule has 6 nitrogen and oxygen atoms in total. The molecule has 0 aromatic carbocycles. The van der Waals surface area contributed by atoms with E-state index in [-0.39, 0.29) is 0 Å². The highest BCUT2D eigenvalue weighted by Crippen LogP contribution is 2.38. The second-order valence-corrected chi connectivity index (χ2v) is 7.00. The molecule has 4 rings (SSSR count). The third-order valence-electron chi connectivity index (χ3n) is 4.97. The minimum atomic E-state index is 0.520. The highest BCUT2D eigenvalue weighted by Gasteiger charge is 2.29. The maximum Gasteiger partial charge on any atom is 0.199 e. The van der Waals surface area contributed by atoms with Crippen molar-refractivity contribution in [2.45, 2.75) is 32.5 Å². The van der Waals surface area contributed by atoms with Crippen molar-refractivity contribution in [1.29, 1.82) is 0 Å². The van der Waals surface area contributed by atoms with E-state index in [2.05, 4.69) is 26.3 Å². The smallest absolute Gasteiger partial charge is 0.199 e. The van der Waals surface area contributed by atoms with Crippen LogP contribution in [0.3, 0.4) is 0 Å². The first-order valence-electron chi connectivity index (χ1n) is 8.80. The fraction of sp³-hybridized carbons (Fsp3) is 0.588. The molecule has 7 heteroatoms. The minimum absolute atomic E-state index is 0.520. The number of likely N-dealkylation sites (N-methyl/N-ethyl adjacent to an activating group) is 1. The number of hydrogen-bond acceptors (Lipinski definition) is 5. The van der Waals surface area contributed by atoms with Crippen molar-refractivity contribution in [2.75, 3.05) is 32.7 Å². The molecule has 0 amide bonds. The second kappa shape index (κ2) is 6.74. The third-order valence-corrected chi connectivity index (χ3v) is 5.37. The number of rotatable bonds is 5. The zero-order valence-corrected chi connectivity index (χ0v) is 15.0. The Balaban J connectivity index is 1.59. The molecule has 2 aromatic heterocycles. The zero-order chi connectivity index (χ0) is 16.5. The van der Waals surface area contributed by atoms with Crippen molar-refractivity contribution in [3.63, 3.8) is 0 Å². The molecule has 0 atom stereocenters. The minimum Gasteiger partial charge on any atom is -0.301 e. The summed E-state index contributed by atoms with van der Waals surface area (Å²) < 4.78 is 5.10. The quantitative estimate of drug-likeness (QED) is 0.779. The molecule has 0 spiro atoms. The van der Waals surface area contributed by atoms with Crippen LogP contribution in [0.2, 0.25) is 0 Å². The maximum atomic E-state index is 5.75. The van der Waals surface area contributed by atoms with Crippen LogP contribution in [-0.4, -0.2) is 61.9 Å². The molecule has 24 heavy (non-hydrogen) atoms. The third kappa shape index (κ3) is 3.16. The lowest BCUT2D eigenvalue weighted by Crippen LogP contribution is -2.46. The van der Waals surface area contributed by atoms with Gasteiger partial charge in [-0.2, -0.15) is 5.10 Å². The highest BCUT2D eigenvalue weighted by atomic mass is 32.1. The Labute approximate surface area is 147 Å². The predicted octanol–water partition coefficient (Wildman–Crippen LogP) is 2.41. The van der Waals surface area contributed by atoms with Gasteiger partial charge in [-0.3, -0.25) is 14.5 Å². The predicted molar refractivity (Wildman–Crippen MR) is 96.2 cm³/mol. The van der Waals surface area contributed by atoms with Crippen molar-refractivity contribution in [1.82, 2.24) is 29.1 Å². The molecule has 2 fully saturated rings. The SMILES string of the molecule is CCN1CCN(Cn2nc(-c3ccncc3)n(C3CC3)c2=S)CC1. The van der Waals surface area contributed by atoms with E-state index in [0.29, 0.717) is 6.04 Å². The number of hydrogen-bond donors (Lipinski definition) is 0. The maximum absolute atomic E-state index is 5.75. The molecule has 1 aliphatic carbocycles. The van der Waals surface area contributed by atoms with Gasteiger partial charge >= 0.3 is 0 Å². The molecule has 2 aliphatic rings.